The average molecular weight is 338 g/mol. The summed E-state index contributed by atoms with van der Waals surface area (Å²) in [7, 11) is 0. The van der Waals surface area contributed by atoms with Crippen LogP contribution in [0.25, 0.3) is 0 Å². The van der Waals surface area contributed by atoms with Crippen molar-refractivity contribution in [1.82, 2.24) is 10.2 Å². The molecule has 1 aromatic carbocycles. The second kappa shape index (κ2) is 8.31. The number of carbonyl (C=O) groups excluding carboxylic acids is 2. The Morgan fingerprint density at radius 2 is 2.00 bits per heavy atom. The molecule has 1 aliphatic heterocycles. The number of carbonyl (C=O) groups is 2. The van der Waals surface area contributed by atoms with Gasteiger partial charge in [-0.3, -0.25) is 9.59 Å². The Morgan fingerprint density at radius 1 is 1.26 bits per heavy atom. The normalized spacial score (nSPS) is 21.3. The summed E-state index contributed by atoms with van der Waals surface area (Å²) in [4.78, 5) is 26.5. The molecule has 2 aliphatic rings. The van der Waals surface area contributed by atoms with E-state index in [-0.39, 0.29) is 30.6 Å². The number of halogens is 1. The summed E-state index contributed by atoms with van der Waals surface area (Å²) >= 11 is 0. The number of rotatable bonds is 5. The van der Waals surface area contributed by atoms with Crippen molar-refractivity contribution in [2.45, 2.75) is 31.7 Å². The van der Waals surface area contributed by atoms with Gasteiger partial charge in [-0.1, -0.05) is 24.6 Å². The molecule has 1 atom stereocenters. The molecule has 126 valence electrons. The Kier molecular flexibility index (Phi) is 6.42. The Labute approximate surface area is 143 Å². The molecule has 0 bridgehead atoms. The van der Waals surface area contributed by atoms with E-state index in [2.05, 4.69) is 10.6 Å². The number of nitrogens with one attached hydrogen (secondary N) is 2. The Balaban J connectivity index is 0.00000192. The first kappa shape index (κ1) is 17.8. The van der Waals surface area contributed by atoms with Gasteiger partial charge < -0.3 is 15.5 Å². The van der Waals surface area contributed by atoms with E-state index in [1.807, 2.05) is 35.2 Å². The van der Waals surface area contributed by atoms with Crippen molar-refractivity contribution >= 4 is 29.9 Å². The molecular weight excluding hydrogens is 314 g/mol. The fraction of sp³-hybridized carbons (Fsp3) is 0.529. The van der Waals surface area contributed by atoms with Crippen LogP contribution < -0.4 is 10.6 Å². The maximum absolute atomic E-state index is 12.5. The van der Waals surface area contributed by atoms with Crippen LogP contribution in [0.1, 0.15) is 25.7 Å². The van der Waals surface area contributed by atoms with Crippen LogP contribution in [0.3, 0.4) is 0 Å². The van der Waals surface area contributed by atoms with Crippen LogP contribution in [0.2, 0.25) is 0 Å². The van der Waals surface area contributed by atoms with Gasteiger partial charge in [0.2, 0.25) is 11.8 Å². The van der Waals surface area contributed by atoms with Crippen molar-refractivity contribution in [3.05, 3.63) is 30.3 Å². The average Bonchev–Trinajstić information content (AvgIpc) is 2.47. The third-order valence-corrected chi connectivity index (χ3v) is 4.53. The predicted molar refractivity (Wildman–Crippen MR) is 92.6 cm³/mol. The monoisotopic (exact) mass is 337 g/mol. The van der Waals surface area contributed by atoms with Gasteiger partial charge in [0.1, 0.15) is 0 Å². The molecule has 1 unspecified atom stereocenters. The molecule has 1 saturated carbocycles. The molecule has 0 radical (unpaired) electrons. The number of amides is 2. The zero-order chi connectivity index (χ0) is 15.4. The number of para-hydroxylation sites is 1. The van der Waals surface area contributed by atoms with Gasteiger partial charge in [0.25, 0.3) is 0 Å². The second-order valence-electron chi connectivity index (χ2n) is 6.21. The van der Waals surface area contributed by atoms with Gasteiger partial charge in [-0.2, -0.15) is 0 Å². The van der Waals surface area contributed by atoms with Crippen molar-refractivity contribution < 1.29 is 9.59 Å². The molecule has 3 rings (SSSR count). The maximum Gasteiger partial charge on any atom is 0.240 e. The summed E-state index contributed by atoms with van der Waals surface area (Å²) in [5.74, 6) is 0.616. The van der Waals surface area contributed by atoms with Gasteiger partial charge in [-0.15, -0.1) is 12.4 Å². The minimum absolute atomic E-state index is 0. The van der Waals surface area contributed by atoms with Gasteiger partial charge in [0.15, 0.2) is 0 Å². The van der Waals surface area contributed by atoms with Gasteiger partial charge in [0, 0.05) is 25.3 Å². The van der Waals surface area contributed by atoms with Gasteiger partial charge in [-0.05, 0) is 30.9 Å². The van der Waals surface area contributed by atoms with E-state index < -0.39 is 6.04 Å². The largest absolute Gasteiger partial charge is 0.340 e. The van der Waals surface area contributed by atoms with Gasteiger partial charge in [0.05, 0.1) is 12.5 Å². The van der Waals surface area contributed by atoms with E-state index >= 15 is 0 Å². The lowest BCUT2D eigenvalue weighted by Crippen LogP contribution is -2.57. The third-order valence-electron chi connectivity index (χ3n) is 4.53. The fourth-order valence-corrected chi connectivity index (χ4v) is 3.04. The summed E-state index contributed by atoms with van der Waals surface area (Å²) in [6.45, 7) is 2.38. The zero-order valence-electron chi connectivity index (χ0n) is 13.2. The lowest BCUT2D eigenvalue weighted by Gasteiger charge is -2.37. The molecular formula is C17H24ClN3O2. The van der Waals surface area contributed by atoms with Crippen molar-refractivity contribution in [2.75, 3.05) is 25.0 Å². The zero-order valence-corrected chi connectivity index (χ0v) is 14.0. The second-order valence-corrected chi connectivity index (χ2v) is 6.21. The van der Waals surface area contributed by atoms with Crippen LogP contribution in [0.4, 0.5) is 5.69 Å². The molecule has 1 saturated heterocycles. The summed E-state index contributed by atoms with van der Waals surface area (Å²) in [5, 5.41) is 6.01. The van der Waals surface area contributed by atoms with Crippen LogP contribution in [0, 0.1) is 5.92 Å². The number of anilines is 1. The number of hydrogen-bond acceptors (Lipinski definition) is 3. The van der Waals surface area contributed by atoms with E-state index in [1.54, 1.807) is 0 Å². The number of benzene rings is 1. The maximum atomic E-state index is 12.5. The highest BCUT2D eigenvalue weighted by molar-refractivity contribution is 5.95. The Morgan fingerprint density at radius 3 is 2.65 bits per heavy atom. The Hall–Kier alpha value is -1.59. The molecule has 1 heterocycles. The smallest absolute Gasteiger partial charge is 0.240 e. The molecule has 0 spiro atoms. The quantitative estimate of drug-likeness (QED) is 0.864. The van der Waals surface area contributed by atoms with Crippen molar-refractivity contribution in [3.8, 4) is 0 Å². The minimum atomic E-state index is -0.391. The summed E-state index contributed by atoms with van der Waals surface area (Å²) < 4.78 is 0. The van der Waals surface area contributed by atoms with Crippen LogP contribution >= 0.6 is 12.4 Å². The van der Waals surface area contributed by atoms with Crippen LogP contribution in [0.5, 0.6) is 0 Å². The highest BCUT2D eigenvalue weighted by Crippen LogP contribution is 2.27. The van der Waals surface area contributed by atoms with Crippen molar-refractivity contribution in [2.24, 2.45) is 5.92 Å². The van der Waals surface area contributed by atoms with E-state index in [9.17, 15) is 9.59 Å². The SMILES string of the molecule is Cl.O=C(CC1NCCN(CC2CCC2)C1=O)Nc1ccccc1. The van der Waals surface area contributed by atoms with Crippen LogP contribution in [0.15, 0.2) is 30.3 Å². The lowest BCUT2D eigenvalue weighted by molar-refractivity contribution is -0.138. The van der Waals surface area contributed by atoms with E-state index in [1.165, 1.54) is 19.3 Å². The van der Waals surface area contributed by atoms with Crippen molar-refractivity contribution in [1.29, 1.82) is 0 Å². The summed E-state index contributed by atoms with van der Waals surface area (Å²) in [6, 6.07) is 8.95. The highest BCUT2D eigenvalue weighted by Gasteiger charge is 2.32. The molecule has 23 heavy (non-hydrogen) atoms. The Bertz CT molecular complexity index is 534. The topological polar surface area (TPSA) is 61.4 Å². The van der Waals surface area contributed by atoms with Crippen molar-refractivity contribution in [3.63, 3.8) is 0 Å². The van der Waals surface area contributed by atoms with E-state index in [0.717, 1.165) is 25.3 Å². The molecule has 1 aliphatic carbocycles. The summed E-state index contributed by atoms with van der Waals surface area (Å²) in [5.41, 5.74) is 0.766. The number of nitrogens with zero attached hydrogens (tertiary/aromatic N) is 1. The third kappa shape index (κ3) is 4.69. The highest BCUT2D eigenvalue weighted by atomic mass is 35.5. The van der Waals surface area contributed by atoms with Gasteiger partial charge in [-0.25, -0.2) is 0 Å². The molecule has 1 aromatic rings. The van der Waals surface area contributed by atoms with Gasteiger partial charge >= 0.3 is 0 Å². The number of piperazine rings is 1. The first-order valence-electron chi connectivity index (χ1n) is 8.09. The fourth-order valence-electron chi connectivity index (χ4n) is 3.04. The first-order valence-corrected chi connectivity index (χ1v) is 8.09. The first-order chi connectivity index (χ1) is 10.7. The molecule has 2 fully saturated rings. The predicted octanol–water partition coefficient (Wildman–Crippen LogP) is 2.04. The van der Waals surface area contributed by atoms with E-state index in [0.29, 0.717) is 5.92 Å². The standard InChI is InChI=1S/C17H23N3O2.ClH/c21-16(19-14-7-2-1-3-8-14)11-15-17(22)20(10-9-18-15)12-13-5-4-6-13;/h1-3,7-8,13,15,18H,4-6,9-12H2,(H,19,21);1H. The molecule has 2 amide bonds. The molecule has 0 aromatic heterocycles. The minimum Gasteiger partial charge on any atom is -0.340 e. The molecule has 6 heteroatoms. The summed E-state index contributed by atoms with van der Waals surface area (Å²) in [6.07, 6.45) is 3.94. The molecule has 5 nitrogen and oxygen atoms in total. The molecule has 2 N–H and O–H groups in total. The van der Waals surface area contributed by atoms with Crippen LogP contribution in [-0.4, -0.2) is 42.4 Å². The lowest BCUT2D eigenvalue weighted by atomic mass is 9.85. The van der Waals surface area contributed by atoms with E-state index in [4.69, 9.17) is 0 Å². The number of hydrogen-bond donors (Lipinski definition) is 2. The van der Waals surface area contributed by atoms with Crippen LogP contribution in [-0.2, 0) is 9.59 Å².